The molecule has 1 unspecified atom stereocenters. The minimum absolute atomic E-state index is 0.0938. The van der Waals surface area contributed by atoms with Gasteiger partial charge in [0.1, 0.15) is 0 Å². The standard InChI is InChI=1S/C25H26F3N3O5/c26-25(27,28)18-6-3-4-16(14-18)15-21(22(32)33)36-24(35)30-11-9-19(10-12-30)31-13-8-17-5-1-2-7-20(17)29-23(31)34/h1-7,14,19,21H,8-13,15H2,(H,29,34)(H,32,33). The Morgan fingerprint density at radius 3 is 2.50 bits per heavy atom. The number of carbonyl (C=O) groups is 3. The third kappa shape index (κ3) is 5.89. The van der Waals surface area contributed by atoms with E-state index in [1.807, 2.05) is 24.3 Å². The number of hydrogen-bond donors (Lipinski definition) is 2. The van der Waals surface area contributed by atoms with Crippen LogP contribution in [0.1, 0.15) is 29.5 Å². The fourth-order valence-electron chi connectivity index (χ4n) is 4.56. The largest absolute Gasteiger partial charge is 0.478 e. The van der Waals surface area contributed by atoms with Crippen LogP contribution >= 0.6 is 0 Å². The van der Waals surface area contributed by atoms with Gasteiger partial charge in [-0.15, -0.1) is 0 Å². The maximum absolute atomic E-state index is 13.0. The van der Waals surface area contributed by atoms with Crippen molar-refractivity contribution in [2.75, 3.05) is 25.0 Å². The van der Waals surface area contributed by atoms with Gasteiger partial charge in [0.25, 0.3) is 0 Å². The number of fused-ring (bicyclic) bond motifs is 1. The number of hydrogen-bond acceptors (Lipinski definition) is 4. The van der Waals surface area contributed by atoms with Crippen LogP contribution in [0.4, 0.5) is 28.4 Å². The van der Waals surface area contributed by atoms with E-state index in [9.17, 15) is 32.7 Å². The zero-order valence-corrected chi connectivity index (χ0v) is 19.3. The van der Waals surface area contributed by atoms with E-state index >= 15 is 0 Å². The third-order valence-electron chi connectivity index (χ3n) is 6.50. The van der Waals surface area contributed by atoms with Crippen LogP contribution in [0.3, 0.4) is 0 Å². The van der Waals surface area contributed by atoms with E-state index in [0.29, 0.717) is 25.8 Å². The number of aliphatic carboxylic acids is 1. The second-order valence-electron chi connectivity index (χ2n) is 8.86. The average molecular weight is 505 g/mol. The van der Waals surface area contributed by atoms with Crippen molar-refractivity contribution in [3.05, 3.63) is 65.2 Å². The zero-order chi connectivity index (χ0) is 25.9. The lowest BCUT2D eigenvalue weighted by Gasteiger charge is -2.37. The van der Waals surface area contributed by atoms with Crippen LogP contribution in [0.25, 0.3) is 0 Å². The van der Waals surface area contributed by atoms with E-state index in [1.54, 1.807) is 4.90 Å². The van der Waals surface area contributed by atoms with Gasteiger partial charge >= 0.3 is 24.3 Å². The number of carbonyl (C=O) groups excluding carboxylic acids is 2. The van der Waals surface area contributed by atoms with Gasteiger partial charge in [-0.3, -0.25) is 0 Å². The number of ether oxygens (including phenoxy) is 1. The molecule has 3 amide bonds. The maximum Gasteiger partial charge on any atom is 0.416 e. The summed E-state index contributed by atoms with van der Waals surface area (Å²) >= 11 is 0. The number of amides is 3. The number of para-hydroxylation sites is 1. The van der Waals surface area contributed by atoms with Crippen molar-refractivity contribution in [2.24, 2.45) is 0 Å². The molecule has 192 valence electrons. The molecule has 11 heteroatoms. The quantitative estimate of drug-likeness (QED) is 0.628. The Kier molecular flexibility index (Phi) is 7.37. The molecule has 0 bridgehead atoms. The van der Waals surface area contributed by atoms with Crippen LogP contribution in [0.5, 0.6) is 0 Å². The van der Waals surface area contributed by atoms with Crippen molar-refractivity contribution in [3.63, 3.8) is 0 Å². The fourth-order valence-corrected chi connectivity index (χ4v) is 4.56. The number of nitrogens with zero attached hydrogens (tertiary/aromatic N) is 2. The summed E-state index contributed by atoms with van der Waals surface area (Å²) in [4.78, 5) is 40.2. The molecule has 0 aromatic heterocycles. The molecule has 0 radical (unpaired) electrons. The second-order valence-corrected chi connectivity index (χ2v) is 8.86. The first-order valence-corrected chi connectivity index (χ1v) is 11.6. The summed E-state index contributed by atoms with van der Waals surface area (Å²) in [5.41, 5.74) is 1.02. The van der Waals surface area contributed by atoms with Gasteiger partial charge in [0, 0.05) is 37.8 Å². The normalized spacial score (nSPS) is 17.6. The summed E-state index contributed by atoms with van der Waals surface area (Å²) in [7, 11) is 0. The van der Waals surface area contributed by atoms with Crippen LogP contribution in [-0.2, 0) is 28.5 Å². The molecule has 1 fully saturated rings. The molecule has 2 aromatic carbocycles. The first kappa shape index (κ1) is 25.3. The van der Waals surface area contributed by atoms with Crippen molar-refractivity contribution in [3.8, 4) is 0 Å². The van der Waals surface area contributed by atoms with E-state index in [4.69, 9.17) is 4.74 Å². The molecule has 0 aliphatic carbocycles. The molecule has 2 aliphatic heterocycles. The smallest absolute Gasteiger partial charge is 0.416 e. The van der Waals surface area contributed by atoms with Crippen LogP contribution in [-0.4, -0.2) is 64.8 Å². The highest BCUT2D eigenvalue weighted by Gasteiger charge is 2.34. The highest BCUT2D eigenvalue weighted by atomic mass is 19.4. The Morgan fingerprint density at radius 1 is 1.08 bits per heavy atom. The molecule has 2 N–H and O–H groups in total. The maximum atomic E-state index is 13.0. The molecule has 4 rings (SSSR count). The minimum Gasteiger partial charge on any atom is -0.478 e. The molecule has 0 spiro atoms. The predicted octanol–water partition coefficient (Wildman–Crippen LogP) is 4.39. The fraction of sp³-hybridized carbons (Fsp3) is 0.400. The molecule has 1 saturated heterocycles. The summed E-state index contributed by atoms with van der Waals surface area (Å²) in [6.07, 6.45) is -5.76. The summed E-state index contributed by atoms with van der Waals surface area (Å²) in [6.45, 7) is 1.06. The Hall–Kier alpha value is -3.76. The summed E-state index contributed by atoms with van der Waals surface area (Å²) in [5, 5.41) is 12.4. The number of likely N-dealkylation sites (tertiary alicyclic amines) is 1. The monoisotopic (exact) mass is 505 g/mol. The van der Waals surface area contributed by atoms with Crippen molar-refractivity contribution in [1.82, 2.24) is 9.80 Å². The van der Waals surface area contributed by atoms with Gasteiger partial charge < -0.3 is 25.0 Å². The molecule has 0 saturated carbocycles. The van der Waals surface area contributed by atoms with Crippen LogP contribution in [0.2, 0.25) is 0 Å². The predicted molar refractivity (Wildman–Crippen MR) is 124 cm³/mol. The minimum atomic E-state index is -4.57. The number of benzene rings is 2. The van der Waals surface area contributed by atoms with Crippen LogP contribution in [0.15, 0.2) is 48.5 Å². The van der Waals surface area contributed by atoms with E-state index in [1.165, 1.54) is 17.0 Å². The highest BCUT2D eigenvalue weighted by molar-refractivity contribution is 5.91. The van der Waals surface area contributed by atoms with E-state index in [0.717, 1.165) is 23.4 Å². The second kappa shape index (κ2) is 10.5. The number of carboxylic acid groups (broad SMARTS) is 1. The van der Waals surface area contributed by atoms with Gasteiger partial charge in [-0.2, -0.15) is 13.2 Å². The van der Waals surface area contributed by atoms with Crippen LogP contribution in [0, 0.1) is 0 Å². The molecule has 8 nitrogen and oxygen atoms in total. The Morgan fingerprint density at radius 2 is 1.81 bits per heavy atom. The van der Waals surface area contributed by atoms with Crippen molar-refractivity contribution < 1.29 is 37.4 Å². The van der Waals surface area contributed by atoms with Gasteiger partial charge in [0.15, 0.2) is 0 Å². The molecule has 2 heterocycles. The SMILES string of the molecule is O=C(O)C(Cc1cccc(C(F)(F)F)c1)OC(=O)N1CCC(N2CCc3ccccc3NC2=O)CC1. The Bertz CT molecular complexity index is 1130. The lowest BCUT2D eigenvalue weighted by Crippen LogP contribution is -2.50. The molecule has 36 heavy (non-hydrogen) atoms. The molecule has 2 aromatic rings. The summed E-state index contributed by atoms with van der Waals surface area (Å²) in [6, 6.07) is 11.6. The van der Waals surface area contributed by atoms with Gasteiger partial charge in [-0.1, -0.05) is 36.4 Å². The number of carboxylic acids is 1. The van der Waals surface area contributed by atoms with Gasteiger partial charge in [-0.05, 0) is 42.5 Å². The summed E-state index contributed by atoms with van der Waals surface area (Å²) < 4.78 is 44.0. The number of urea groups is 1. The van der Waals surface area contributed by atoms with Gasteiger partial charge in [-0.25, -0.2) is 14.4 Å². The number of piperidine rings is 1. The Labute approximate surface area is 205 Å². The summed E-state index contributed by atoms with van der Waals surface area (Å²) in [5.74, 6) is -1.45. The van der Waals surface area contributed by atoms with Crippen LogP contribution < -0.4 is 5.32 Å². The van der Waals surface area contributed by atoms with E-state index in [-0.39, 0.29) is 30.7 Å². The van der Waals surface area contributed by atoms with Crippen molar-refractivity contribution >= 4 is 23.8 Å². The molecular weight excluding hydrogens is 479 g/mol. The molecule has 1 atom stereocenters. The van der Waals surface area contributed by atoms with Gasteiger partial charge in [0.05, 0.1) is 5.56 Å². The third-order valence-corrected chi connectivity index (χ3v) is 6.50. The van der Waals surface area contributed by atoms with E-state index in [2.05, 4.69) is 5.32 Å². The first-order chi connectivity index (χ1) is 17.1. The molecule has 2 aliphatic rings. The Balaban J connectivity index is 1.33. The number of alkyl halides is 3. The van der Waals surface area contributed by atoms with E-state index < -0.39 is 36.3 Å². The number of rotatable bonds is 5. The highest BCUT2D eigenvalue weighted by Crippen LogP contribution is 2.30. The molecular formula is C25H26F3N3O5. The first-order valence-electron chi connectivity index (χ1n) is 11.6. The van der Waals surface area contributed by atoms with Crippen molar-refractivity contribution in [1.29, 1.82) is 0 Å². The number of anilines is 1. The number of nitrogens with one attached hydrogen (secondary N) is 1. The lowest BCUT2D eigenvalue weighted by atomic mass is 10.0. The average Bonchev–Trinajstić information content (AvgIpc) is 3.01. The zero-order valence-electron chi connectivity index (χ0n) is 19.3. The lowest BCUT2D eigenvalue weighted by molar-refractivity contribution is -0.147. The van der Waals surface area contributed by atoms with Crippen molar-refractivity contribution in [2.45, 2.75) is 44.0 Å². The van der Waals surface area contributed by atoms with Gasteiger partial charge in [0.2, 0.25) is 6.10 Å². The topological polar surface area (TPSA) is 99.2 Å². The number of halogens is 3.